The molecule has 1 aromatic rings. The van der Waals surface area contributed by atoms with Crippen molar-refractivity contribution in [2.24, 2.45) is 0 Å². The van der Waals surface area contributed by atoms with Crippen molar-refractivity contribution in [3.05, 3.63) is 58.6 Å². The second-order valence-corrected chi connectivity index (χ2v) is 9.13. The number of nitrogens with zero attached hydrogens (tertiary/aromatic N) is 5. The standard InChI is InChI=1S/C26H31N5O5/c1-2-35-18-23(32)29-10-12-30(13-11-29)25(33)21-16-28(15-20-9-6-14-36-20)17-22-24(21)27-31(26(22)34)19-7-4-3-5-8-19/h3-5,7-8,16-17,20H,2,6,9-15,18H2,1H3/t20-/m0/s1. The molecule has 0 spiro atoms. The summed E-state index contributed by atoms with van der Waals surface area (Å²) in [5.41, 5.74) is 1.54. The molecule has 2 fully saturated rings. The smallest absolute Gasteiger partial charge is 0.282 e. The van der Waals surface area contributed by atoms with Gasteiger partial charge in [-0.25, -0.2) is 0 Å². The van der Waals surface area contributed by atoms with Crippen LogP contribution in [0.15, 0.2) is 47.5 Å². The number of ether oxygens (including phenoxy) is 2. The topological polar surface area (TPSA) is 98.9 Å². The van der Waals surface area contributed by atoms with Crippen LogP contribution in [0.2, 0.25) is 0 Å². The van der Waals surface area contributed by atoms with E-state index in [1.54, 1.807) is 22.2 Å². The molecule has 190 valence electrons. The zero-order chi connectivity index (χ0) is 25.1. The van der Waals surface area contributed by atoms with E-state index in [9.17, 15) is 14.4 Å². The van der Waals surface area contributed by atoms with Gasteiger partial charge in [-0.15, -0.1) is 0 Å². The second kappa shape index (κ2) is 10.6. The molecule has 1 aromatic carbocycles. The van der Waals surface area contributed by atoms with Crippen molar-refractivity contribution in [3.8, 4) is 16.9 Å². The van der Waals surface area contributed by atoms with Gasteiger partial charge < -0.3 is 23.8 Å². The van der Waals surface area contributed by atoms with Crippen LogP contribution in [0.4, 0.5) is 0 Å². The molecule has 5 rings (SSSR count). The number of rotatable bonds is 7. The van der Waals surface area contributed by atoms with Crippen molar-refractivity contribution in [2.75, 3.05) is 46.0 Å². The highest BCUT2D eigenvalue weighted by atomic mass is 16.5. The van der Waals surface area contributed by atoms with E-state index in [2.05, 4.69) is 5.10 Å². The molecule has 2 saturated heterocycles. The Morgan fingerprint density at radius 3 is 2.53 bits per heavy atom. The lowest BCUT2D eigenvalue weighted by Gasteiger charge is -2.35. The van der Waals surface area contributed by atoms with Gasteiger partial charge >= 0.3 is 0 Å². The third-order valence-corrected chi connectivity index (χ3v) is 6.74. The van der Waals surface area contributed by atoms with Crippen molar-refractivity contribution in [3.63, 3.8) is 0 Å². The van der Waals surface area contributed by atoms with E-state index in [0.29, 0.717) is 61.8 Å². The van der Waals surface area contributed by atoms with Crippen LogP contribution in [0.5, 0.6) is 0 Å². The second-order valence-electron chi connectivity index (χ2n) is 9.13. The summed E-state index contributed by atoms with van der Waals surface area (Å²) in [6.07, 6.45) is 5.55. The van der Waals surface area contributed by atoms with Gasteiger partial charge in [0.15, 0.2) is 0 Å². The van der Waals surface area contributed by atoms with Gasteiger partial charge in [0.1, 0.15) is 12.3 Å². The van der Waals surface area contributed by atoms with Crippen molar-refractivity contribution in [2.45, 2.75) is 32.4 Å². The maximum atomic E-state index is 13.7. The Kier molecular flexibility index (Phi) is 7.15. The van der Waals surface area contributed by atoms with E-state index in [-0.39, 0.29) is 30.1 Å². The van der Waals surface area contributed by atoms with Crippen LogP contribution in [0, 0.1) is 0 Å². The molecule has 10 heteroatoms. The highest BCUT2D eigenvalue weighted by Gasteiger charge is 2.30. The molecule has 1 atom stereocenters. The van der Waals surface area contributed by atoms with Crippen LogP contribution in [-0.2, 0) is 20.8 Å². The summed E-state index contributed by atoms with van der Waals surface area (Å²) in [5.74, 6) is -0.269. The SMILES string of the molecule is CCOCC(=O)N1CCN(C(=O)c2cn(C[C@@H]3CCCO3)cc3c(=O)n(-c4ccccc4)nc2-3)CC1. The van der Waals surface area contributed by atoms with E-state index in [4.69, 9.17) is 9.47 Å². The van der Waals surface area contributed by atoms with Gasteiger partial charge in [-0.1, -0.05) is 18.2 Å². The summed E-state index contributed by atoms with van der Waals surface area (Å²) in [6.45, 7) is 5.36. The summed E-state index contributed by atoms with van der Waals surface area (Å²) >= 11 is 0. The number of hydrogen-bond donors (Lipinski definition) is 0. The zero-order valence-corrected chi connectivity index (χ0v) is 20.5. The van der Waals surface area contributed by atoms with E-state index in [0.717, 1.165) is 19.4 Å². The summed E-state index contributed by atoms with van der Waals surface area (Å²) in [7, 11) is 0. The number of pyridine rings is 1. The molecule has 0 bridgehead atoms. The number of hydrogen-bond acceptors (Lipinski definition) is 6. The fourth-order valence-corrected chi connectivity index (χ4v) is 4.80. The molecule has 0 saturated carbocycles. The van der Waals surface area contributed by atoms with Crippen molar-refractivity contribution >= 4 is 11.8 Å². The lowest BCUT2D eigenvalue weighted by molar-refractivity contribution is -0.137. The molecule has 10 nitrogen and oxygen atoms in total. The summed E-state index contributed by atoms with van der Waals surface area (Å²) in [4.78, 5) is 42.8. The minimum atomic E-state index is -0.265. The Bertz CT molecular complexity index is 1240. The van der Waals surface area contributed by atoms with Gasteiger partial charge in [0.25, 0.3) is 11.5 Å². The van der Waals surface area contributed by atoms with Gasteiger partial charge in [0, 0.05) is 58.3 Å². The first-order valence-electron chi connectivity index (χ1n) is 12.5. The Morgan fingerprint density at radius 1 is 1.08 bits per heavy atom. The highest BCUT2D eigenvalue weighted by molar-refractivity contribution is 6.00. The van der Waals surface area contributed by atoms with Gasteiger partial charge in [0.2, 0.25) is 5.91 Å². The lowest BCUT2D eigenvalue weighted by Crippen LogP contribution is -2.51. The van der Waals surface area contributed by atoms with Crippen LogP contribution in [0.25, 0.3) is 16.9 Å². The van der Waals surface area contributed by atoms with Crippen LogP contribution in [-0.4, -0.2) is 88.1 Å². The average molecular weight is 494 g/mol. The molecule has 0 aromatic heterocycles. The van der Waals surface area contributed by atoms with E-state index in [1.807, 2.05) is 41.8 Å². The first kappa shape index (κ1) is 24.2. The molecule has 4 heterocycles. The third kappa shape index (κ3) is 4.91. The Morgan fingerprint density at radius 2 is 1.83 bits per heavy atom. The number of benzene rings is 1. The van der Waals surface area contributed by atoms with Crippen molar-refractivity contribution in [1.82, 2.24) is 24.1 Å². The normalized spacial score (nSPS) is 18.2. The van der Waals surface area contributed by atoms with Gasteiger partial charge in [-0.3, -0.25) is 14.4 Å². The van der Waals surface area contributed by atoms with Crippen LogP contribution in [0.1, 0.15) is 30.1 Å². The number of amides is 2. The molecule has 4 aliphatic heterocycles. The summed E-state index contributed by atoms with van der Waals surface area (Å²) < 4.78 is 14.3. The molecular formula is C26H31N5O5. The van der Waals surface area contributed by atoms with Gasteiger partial charge in [-0.05, 0) is 31.9 Å². The molecule has 2 amide bonds. The molecule has 0 aliphatic carbocycles. The van der Waals surface area contributed by atoms with Crippen LogP contribution in [0.3, 0.4) is 0 Å². The number of para-hydroxylation sites is 1. The Balaban J connectivity index is 1.45. The van der Waals surface area contributed by atoms with Gasteiger partial charge in [-0.2, -0.15) is 9.78 Å². The minimum Gasteiger partial charge on any atom is -0.376 e. The maximum Gasteiger partial charge on any atom is 0.282 e. The van der Waals surface area contributed by atoms with Gasteiger partial charge in [0.05, 0.1) is 22.9 Å². The minimum absolute atomic E-state index is 0.0505. The first-order chi connectivity index (χ1) is 17.5. The number of piperazine rings is 1. The lowest BCUT2D eigenvalue weighted by atomic mass is 10.1. The van der Waals surface area contributed by atoms with Crippen molar-refractivity contribution in [1.29, 1.82) is 0 Å². The summed E-state index contributed by atoms with van der Waals surface area (Å²) in [6, 6.07) is 9.19. The summed E-state index contributed by atoms with van der Waals surface area (Å²) in [5, 5.41) is 4.58. The average Bonchev–Trinajstić information content (AvgIpc) is 3.55. The van der Waals surface area contributed by atoms with E-state index in [1.165, 1.54) is 4.68 Å². The monoisotopic (exact) mass is 493 g/mol. The predicted molar refractivity (Wildman–Crippen MR) is 132 cm³/mol. The maximum absolute atomic E-state index is 13.7. The molecular weight excluding hydrogens is 462 g/mol. The molecule has 0 unspecified atom stereocenters. The fraction of sp³-hybridized carbons (Fsp3) is 0.462. The zero-order valence-electron chi connectivity index (χ0n) is 20.5. The van der Waals surface area contributed by atoms with Crippen LogP contribution >= 0.6 is 0 Å². The number of aromatic nitrogens is 3. The first-order valence-corrected chi connectivity index (χ1v) is 12.5. The molecule has 36 heavy (non-hydrogen) atoms. The molecule has 0 radical (unpaired) electrons. The number of carbonyl (C=O) groups is 2. The fourth-order valence-electron chi connectivity index (χ4n) is 4.80. The molecule has 4 aliphatic rings. The number of fused-ring (bicyclic) bond motifs is 1. The number of carbonyl (C=O) groups excluding carboxylic acids is 2. The predicted octanol–water partition coefficient (Wildman–Crippen LogP) is 1.64. The Labute approximate surface area is 209 Å². The van der Waals surface area contributed by atoms with E-state index >= 15 is 0 Å². The Hall–Kier alpha value is -3.50. The largest absolute Gasteiger partial charge is 0.376 e. The van der Waals surface area contributed by atoms with Crippen LogP contribution < -0.4 is 5.56 Å². The quantitative estimate of drug-likeness (QED) is 0.496. The highest BCUT2D eigenvalue weighted by Crippen LogP contribution is 2.25. The molecule has 0 N–H and O–H groups in total. The third-order valence-electron chi connectivity index (χ3n) is 6.74. The van der Waals surface area contributed by atoms with Crippen molar-refractivity contribution < 1.29 is 19.1 Å². The van der Waals surface area contributed by atoms with E-state index < -0.39 is 0 Å².